The molecule has 4 atom stereocenters. The van der Waals surface area contributed by atoms with Crippen molar-refractivity contribution in [3.63, 3.8) is 0 Å². The van der Waals surface area contributed by atoms with Crippen LogP contribution < -0.4 is 11.5 Å². The Bertz CT molecular complexity index is 224. The van der Waals surface area contributed by atoms with E-state index in [1.807, 2.05) is 0 Å². The minimum absolute atomic E-state index is 0.0255. The van der Waals surface area contributed by atoms with Gasteiger partial charge in [0.2, 0.25) is 5.91 Å². The molecular weight excluding hydrogens is 140 g/mol. The highest BCUT2D eigenvalue weighted by Gasteiger charge is 2.45. The SMILES string of the molecule is NC(=O)[C@@H]1[C@H](N)[C@H]2C=C[C@H]1C2. The molecule has 2 aliphatic rings. The fraction of sp³-hybridized carbons (Fsp3) is 0.625. The van der Waals surface area contributed by atoms with Gasteiger partial charge in [0.15, 0.2) is 0 Å². The van der Waals surface area contributed by atoms with E-state index >= 15 is 0 Å². The van der Waals surface area contributed by atoms with Gasteiger partial charge in [-0.25, -0.2) is 0 Å². The van der Waals surface area contributed by atoms with E-state index in [1.165, 1.54) is 0 Å². The number of carbonyl (C=O) groups is 1. The molecule has 0 aromatic rings. The fourth-order valence-corrected chi connectivity index (χ4v) is 2.26. The molecule has 3 heteroatoms. The van der Waals surface area contributed by atoms with Crippen LogP contribution in [0.5, 0.6) is 0 Å². The minimum atomic E-state index is -0.241. The molecule has 0 aromatic heterocycles. The molecule has 0 heterocycles. The van der Waals surface area contributed by atoms with Gasteiger partial charge >= 0.3 is 0 Å². The average molecular weight is 152 g/mol. The van der Waals surface area contributed by atoms with E-state index in [1.54, 1.807) is 0 Å². The quantitative estimate of drug-likeness (QED) is 0.503. The van der Waals surface area contributed by atoms with Crippen molar-refractivity contribution < 1.29 is 4.79 Å². The molecule has 0 saturated heterocycles. The molecule has 0 unspecified atom stereocenters. The molecule has 0 aliphatic heterocycles. The van der Waals surface area contributed by atoms with E-state index in [0.717, 1.165) is 6.42 Å². The standard InChI is InChI=1S/C8H12N2O/c9-7-5-2-1-4(3-5)6(7)8(10)11/h1-2,4-7H,3,9H2,(H2,10,11)/t4-,5-,6-,7+/m0/s1. The summed E-state index contributed by atoms with van der Waals surface area (Å²) >= 11 is 0. The Balaban J connectivity index is 2.25. The first-order chi connectivity index (χ1) is 5.20. The van der Waals surface area contributed by atoms with Crippen molar-refractivity contribution in [2.75, 3.05) is 0 Å². The van der Waals surface area contributed by atoms with Crippen LogP contribution >= 0.6 is 0 Å². The smallest absolute Gasteiger partial charge is 0.222 e. The van der Waals surface area contributed by atoms with Crippen LogP contribution in [0.4, 0.5) is 0 Å². The van der Waals surface area contributed by atoms with Crippen LogP contribution in [-0.2, 0) is 4.79 Å². The number of hydrogen-bond acceptors (Lipinski definition) is 2. The summed E-state index contributed by atoms with van der Waals surface area (Å²) in [6.45, 7) is 0. The minimum Gasteiger partial charge on any atom is -0.369 e. The Morgan fingerprint density at radius 2 is 2.00 bits per heavy atom. The third kappa shape index (κ3) is 0.807. The van der Waals surface area contributed by atoms with E-state index in [0.29, 0.717) is 11.8 Å². The summed E-state index contributed by atoms with van der Waals surface area (Å²) in [5.74, 6) is 0.379. The molecule has 1 amide bonds. The normalized spacial score (nSPS) is 46.6. The summed E-state index contributed by atoms with van der Waals surface area (Å²) in [4.78, 5) is 10.9. The molecule has 0 aromatic carbocycles. The molecule has 11 heavy (non-hydrogen) atoms. The number of fused-ring (bicyclic) bond motifs is 2. The van der Waals surface area contributed by atoms with Crippen molar-refractivity contribution in [2.24, 2.45) is 29.2 Å². The van der Waals surface area contributed by atoms with E-state index in [9.17, 15) is 4.79 Å². The summed E-state index contributed by atoms with van der Waals surface area (Å²) in [7, 11) is 0. The largest absolute Gasteiger partial charge is 0.369 e. The zero-order chi connectivity index (χ0) is 8.01. The number of hydrogen-bond donors (Lipinski definition) is 2. The Labute approximate surface area is 65.4 Å². The summed E-state index contributed by atoms with van der Waals surface area (Å²) in [6.07, 6.45) is 5.20. The molecule has 3 nitrogen and oxygen atoms in total. The maximum absolute atomic E-state index is 10.9. The monoisotopic (exact) mass is 152 g/mol. The van der Waals surface area contributed by atoms with Crippen molar-refractivity contribution in [1.29, 1.82) is 0 Å². The first-order valence-corrected chi connectivity index (χ1v) is 3.93. The second kappa shape index (κ2) is 2.08. The second-order valence-corrected chi connectivity index (χ2v) is 3.45. The van der Waals surface area contributed by atoms with Crippen LogP contribution in [-0.4, -0.2) is 11.9 Å². The van der Waals surface area contributed by atoms with Crippen molar-refractivity contribution in [3.8, 4) is 0 Å². The Hall–Kier alpha value is -0.830. The highest BCUT2D eigenvalue weighted by Crippen LogP contribution is 2.42. The molecule has 2 rings (SSSR count). The molecule has 0 spiro atoms. The fourth-order valence-electron chi connectivity index (χ4n) is 2.26. The third-order valence-electron chi connectivity index (χ3n) is 2.85. The summed E-state index contributed by atoms with van der Waals surface area (Å²) in [6, 6.07) is -0.0255. The summed E-state index contributed by atoms with van der Waals surface area (Å²) in [5.41, 5.74) is 11.0. The Morgan fingerprint density at radius 1 is 1.36 bits per heavy atom. The van der Waals surface area contributed by atoms with Crippen molar-refractivity contribution in [3.05, 3.63) is 12.2 Å². The van der Waals surface area contributed by atoms with E-state index < -0.39 is 0 Å². The van der Waals surface area contributed by atoms with Gasteiger partial charge in [0.1, 0.15) is 0 Å². The zero-order valence-electron chi connectivity index (χ0n) is 6.23. The van der Waals surface area contributed by atoms with Gasteiger partial charge in [0, 0.05) is 6.04 Å². The topological polar surface area (TPSA) is 69.1 Å². The summed E-state index contributed by atoms with van der Waals surface area (Å²) < 4.78 is 0. The lowest BCUT2D eigenvalue weighted by Gasteiger charge is -2.20. The van der Waals surface area contributed by atoms with Gasteiger partial charge < -0.3 is 11.5 Å². The Morgan fingerprint density at radius 3 is 2.36 bits per heavy atom. The number of rotatable bonds is 1. The van der Waals surface area contributed by atoms with Gasteiger partial charge in [-0.1, -0.05) is 12.2 Å². The molecule has 1 saturated carbocycles. The first kappa shape index (κ1) is 6.85. The van der Waals surface area contributed by atoms with Crippen molar-refractivity contribution >= 4 is 5.91 Å². The van der Waals surface area contributed by atoms with Gasteiger partial charge in [0.05, 0.1) is 5.92 Å². The van der Waals surface area contributed by atoms with Crippen LogP contribution in [0.25, 0.3) is 0 Å². The van der Waals surface area contributed by atoms with Crippen molar-refractivity contribution in [2.45, 2.75) is 12.5 Å². The number of primary amides is 1. The van der Waals surface area contributed by atoms with Crippen molar-refractivity contribution in [1.82, 2.24) is 0 Å². The van der Waals surface area contributed by atoms with Gasteiger partial charge in [-0.15, -0.1) is 0 Å². The number of carbonyl (C=O) groups excluding carboxylic acids is 1. The molecule has 0 radical (unpaired) electrons. The van der Waals surface area contributed by atoms with Gasteiger partial charge in [-0.05, 0) is 18.3 Å². The van der Waals surface area contributed by atoms with Crippen LogP contribution in [0.2, 0.25) is 0 Å². The molecule has 60 valence electrons. The molecule has 4 N–H and O–H groups in total. The van der Waals surface area contributed by atoms with E-state index in [-0.39, 0.29) is 17.9 Å². The molecule has 2 bridgehead atoms. The average Bonchev–Trinajstić information content (AvgIpc) is 2.44. The van der Waals surface area contributed by atoms with Gasteiger partial charge in [-0.2, -0.15) is 0 Å². The first-order valence-electron chi connectivity index (χ1n) is 3.93. The maximum atomic E-state index is 10.9. The summed E-state index contributed by atoms with van der Waals surface area (Å²) in [5, 5.41) is 0. The predicted octanol–water partition coefficient (Wildman–Crippen LogP) is -0.379. The molecule has 2 aliphatic carbocycles. The second-order valence-electron chi connectivity index (χ2n) is 3.45. The number of allylic oxidation sites excluding steroid dienone is 1. The highest BCUT2D eigenvalue weighted by molar-refractivity contribution is 5.79. The van der Waals surface area contributed by atoms with E-state index in [2.05, 4.69) is 12.2 Å². The zero-order valence-corrected chi connectivity index (χ0v) is 6.23. The predicted molar refractivity (Wildman–Crippen MR) is 41.4 cm³/mol. The lowest BCUT2D eigenvalue weighted by atomic mass is 9.89. The third-order valence-corrected chi connectivity index (χ3v) is 2.85. The number of nitrogens with two attached hydrogens (primary N) is 2. The van der Waals surface area contributed by atoms with Crippen LogP contribution in [0.3, 0.4) is 0 Å². The Kier molecular flexibility index (Phi) is 1.29. The maximum Gasteiger partial charge on any atom is 0.222 e. The van der Waals surface area contributed by atoms with Gasteiger partial charge in [-0.3, -0.25) is 4.79 Å². The van der Waals surface area contributed by atoms with Gasteiger partial charge in [0.25, 0.3) is 0 Å². The van der Waals surface area contributed by atoms with E-state index in [4.69, 9.17) is 11.5 Å². The molecular formula is C8H12N2O. The van der Waals surface area contributed by atoms with Crippen LogP contribution in [0.1, 0.15) is 6.42 Å². The molecule has 1 fully saturated rings. The number of amides is 1. The van der Waals surface area contributed by atoms with Crippen LogP contribution in [0.15, 0.2) is 12.2 Å². The highest BCUT2D eigenvalue weighted by atomic mass is 16.1. The lowest BCUT2D eigenvalue weighted by Crippen LogP contribution is -2.41. The lowest BCUT2D eigenvalue weighted by molar-refractivity contribution is -0.122. The van der Waals surface area contributed by atoms with Crippen LogP contribution in [0, 0.1) is 17.8 Å².